The summed E-state index contributed by atoms with van der Waals surface area (Å²) in [5.74, 6) is 3.51. The molecule has 0 N–H and O–H groups in total. The lowest BCUT2D eigenvalue weighted by molar-refractivity contribution is -0.180. The number of unbranched alkanes of at least 4 members (excludes halogenated alkanes) is 20. The summed E-state index contributed by atoms with van der Waals surface area (Å²) in [5, 5.41) is 0. The molecular weight excluding hydrogens is 827 g/mol. The van der Waals surface area contributed by atoms with E-state index in [1.807, 2.05) is 0 Å². The first-order chi connectivity index (χ1) is 29.3. The van der Waals surface area contributed by atoms with Crippen LogP contribution in [-0.2, 0) is 28.5 Å². The molecule has 0 aromatic carbocycles. The molecule has 0 radical (unpaired) electrons. The van der Waals surface area contributed by atoms with Crippen molar-refractivity contribution >= 4 is 59.0 Å². The number of hydrogen-bond donors (Lipinski definition) is 0. The van der Waals surface area contributed by atoms with Gasteiger partial charge in [-0.3, -0.25) is 0 Å². The number of carbonyl (C=O) groups excluding carboxylic acids is 2. The maximum absolute atomic E-state index is 13.2. The molecule has 1 unspecified atom stereocenters. The van der Waals surface area contributed by atoms with Crippen LogP contribution in [0, 0.1) is 0 Å². The summed E-state index contributed by atoms with van der Waals surface area (Å²) in [6, 6.07) is 0. The van der Waals surface area contributed by atoms with Crippen LogP contribution in [0.1, 0.15) is 214 Å². The predicted molar refractivity (Wildman–Crippen MR) is 268 cm³/mol. The third kappa shape index (κ3) is 32.8. The van der Waals surface area contributed by atoms with Gasteiger partial charge in [-0.1, -0.05) is 130 Å². The van der Waals surface area contributed by atoms with Gasteiger partial charge in [0.2, 0.25) is 0 Å². The zero-order valence-electron chi connectivity index (χ0n) is 39.9. The van der Waals surface area contributed by atoms with Crippen molar-refractivity contribution in [2.75, 3.05) is 63.5 Å². The third-order valence-electron chi connectivity index (χ3n) is 11.2. The van der Waals surface area contributed by atoms with Crippen LogP contribution in [0.5, 0.6) is 0 Å². The van der Waals surface area contributed by atoms with Gasteiger partial charge >= 0.3 is 11.9 Å². The molecule has 60 heavy (non-hydrogen) atoms. The van der Waals surface area contributed by atoms with Crippen LogP contribution in [0.15, 0.2) is 0 Å². The Hall–Kier alpha value is 0.220. The summed E-state index contributed by atoms with van der Waals surface area (Å²) in [4.78, 5) is 28.6. The Morgan fingerprint density at radius 1 is 0.533 bits per heavy atom. The molecule has 356 valence electrons. The second-order valence-electron chi connectivity index (χ2n) is 17.3. The lowest BCUT2D eigenvalue weighted by Crippen LogP contribution is -2.31. The van der Waals surface area contributed by atoms with Gasteiger partial charge in [-0.05, 0) is 108 Å². The minimum absolute atomic E-state index is 0.0379. The summed E-state index contributed by atoms with van der Waals surface area (Å²) < 4.78 is 24.7. The second-order valence-corrected chi connectivity index (χ2v) is 22.8. The Labute approximate surface area is 388 Å². The van der Waals surface area contributed by atoms with Crippen LogP contribution in [0.4, 0.5) is 0 Å². The van der Waals surface area contributed by atoms with Crippen LogP contribution in [-0.4, -0.2) is 101 Å². The average molecular weight is 923 g/mol. The van der Waals surface area contributed by atoms with E-state index in [0.717, 1.165) is 87.3 Å². The van der Waals surface area contributed by atoms with E-state index in [4.69, 9.17) is 18.9 Å². The van der Waals surface area contributed by atoms with Crippen molar-refractivity contribution in [3.8, 4) is 0 Å². The Morgan fingerprint density at radius 2 is 0.883 bits per heavy atom. The van der Waals surface area contributed by atoms with Crippen LogP contribution in [0.25, 0.3) is 0 Å². The van der Waals surface area contributed by atoms with Crippen molar-refractivity contribution in [3.05, 3.63) is 0 Å². The molecule has 0 aromatic rings. The van der Waals surface area contributed by atoms with Crippen molar-refractivity contribution in [1.82, 2.24) is 4.90 Å². The molecule has 1 rings (SSSR count). The Kier molecular flexibility index (Phi) is 40.7. The Balaban J connectivity index is 2.56. The van der Waals surface area contributed by atoms with E-state index < -0.39 is 5.79 Å². The van der Waals surface area contributed by atoms with Crippen LogP contribution in [0.3, 0.4) is 0 Å². The van der Waals surface area contributed by atoms with Crippen molar-refractivity contribution in [3.63, 3.8) is 0 Å². The Morgan fingerprint density at radius 3 is 1.23 bits per heavy atom. The molecule has 1 aliphatic rings. The topological polar surface area (TPSA) is 74.3 Å². The molecule has 1 aliphatic heterocycles. The van der Waals surface area contributed by atoms with Gasteiger partial charge in [0, 0.05) is 19.4 Å². The molecule has 1 heterocycles. The number of nitrogens with zero attached hydrogens (tertiary/aromatic N) is 1. The second kappa shape index (κ2) is 41.9. The molecule has 0 amide bonds. The Bertz CT molecular complexity index is 886. The SMILES string of the molecule is CCCCCCCSC(SCCCCCCC)C(=O)OCCCCCC1(CCCCCOC(=O)C(SCCCCCCC)SCCCCCCC)OCC(CCN(C)C)O1. The number of hydrogen-bond acceptors (Lipinski definition) is 11. The van der Waals surface area contributed by atoms with E-state index in [1.165, 1.54) is 128 Å². The highest BCUT2D eigenvalue weighted by Crippen LogP contribution is 2.36. The molecule has 1 saturated heterocycles. The smallest absolute Gasteiger partial charge is 0.329 e. The highest BCUT2D eigenvalue weighted by atomic mass is 32.2. The monoisotopic (exact) mass is 922 g/mol. The van der Waals surface area contributed by atoms with Gasteiger partial charge in [-0.15, -0.1) is 47.0 Å². The van der Waals surface area contributed by atoms with Crippen molar-refractivity contribution in [2.45, 2.75) is 235 Å². The predicted octanol–water partition coefficient (Wildman–Crippen LogP) is 14.7. The van der Waals surface area contributed by atoms with Gasteiger partial charge in [0.25, 0.3) is 0 Å². The fourth-order valence-corrected chi connectivity index (χ4v) is 12.4. The fraction of sp³-hybridized carbons (Fsp3) is 0.959. The summed E-state index contributed by atoms with van der Waals surface area (Å²) in [6.45, 7) is 11.6. The molecule has 0 aromatic heterocycles. The minimum Gasteiger partial charge on any atom is -0.464 e. The van der Waals surface area contributed by atoms with Gasteiger partial charge in [-0.2, -0.15) is 0 Å². The third-order valence-corrected chi connectivity index (χ3v) is 16.9. The number of rotatable bonds is 45. The molecule has 0 saturated carbocycles. The number of carbonyl (C=O) groups is 2. The average Bonchev–Trinajstić information content (AvgIpc) is 3.65. The molecule has 0 aliphatic carbocycles. The zero-order chi connectivity index (χ0) is 43.8. The number of thioether (sulfide) groups is 4. The van der Waals surface area contributed by atoms with Gasteiger partial charge in [0.1, 0.15) is 9.16 Å². The minimum atomic E-state index is -0.552. The first-order valence-corrected chi connectivity index (χ1v) is 29.3. The number of esters is 2. The van der Waals surface area contributed by atoms with Crippen molar-refractivity contribution in [1.29, 1.82) is 0 Å². The molecule has 0 spiro atoms. The van der Waals surface area contributed by atoms with E-state index in [1.54, 1.807) is 47.0 Å². The fourth-order valence-electron chi connectivity index (χ4n) is 7.33. The van der Waals surface area contributed by atoms with Crippen LogP contribution >= 0.6 is 47.0 Å². The molecular formula is C49H95NO6S4. The first-order valence-electron chi connectivity index (χ1n) is 25.1. The van der Waals surface area contributed by atoms with Gasteiger partial charge in [0.15, 0.2) is 5.79 Å². The van der Waals surface area contributed by atoms with E-state index in [2.05, 4.69) is 46.7 Å². The van der Waals surface area contributed by atoms with E-state index in [-0.39, 0.29) is 27.2 Å². The van der Waals surface area contributed by atoms with Gasteiger partial charge in [0.05, 0.1) is 25.9 Å². The quantitative estimate of drug-likeness (QED) is 0.0333. The van der Waals surface area contributed by atoms with Crippen LogP contribution < -0.4 is 0 Å². The summed E-state index contributed by atoms with van der Waals surface area (Å²) in [7, 11) is 4.21. The number of ether oxygens (including phenoxy) is 4. The molecule has 7 nitrogen and oxygen atoms in total. The molecule has 0 bridgehead atoms. The zero-order valence-corrected chi connectivity index (χ0v) is 43.2. The van der Waals surface area contributed by atoms with E-state index in [0.29, 0.717) is 19.8 Å². The highest BCUT2D eigenvalue weighted by molar-refractivity contribution is 8.18. The van der Waals surface area contributed by atoms with Crippen molar-refractivity contribution < 1.29 is 28.5 Å². The highest BCUT2D eigenvalue weighted by Gasteiger charge is 2.40. The lowest BCUT2D eigenvalue weighted by atomic mass is 10.0. The standard InChI is InChI=1S/C49H95NO6S4/c1-7-11-15-19-29-39-57-47(58-40-30-20-16-12-8-2)45(51)53-37-27-23-25-34-49(55-43-44(56-49)33-36-50(5)6)35-26-24-28-38-54-46(52)48(59-41-31-21-17-13-9-3)60-42-32-22-18-14-10-4/h44,47-48H,7-43H2,1-6H3. The summed E-state index contributed by atoms with van der Waals surface area (Å²) >= 11 is 7.19. The summed E-state index contributed by atoms with van der Waals surface area (Å²) in [6.07, 6.45) is 33.6. The first kappa shape index (κ1) is 58.2. The molecule has 1 atom stereocenters. The molecule has 11 heteroatoms. The van der Waals surface area contributed by atoms with Crippen molar-refractivity contribution in [2.24, 2.45) is 0 Å². The normalized spacial score (nSPS) is 15.2. The summed E-state index contributed by atoms with van der Waals surface area (Å²) in [5.41, 5.74) is 0. The molecule has 1 fully saturated rings. The van der Waals surface area contributed by atoms with Gasteiger partial charge in [-0.25, -0.2) is 9.59 Å². The van der Waals surface area contributed by atoms with Crippen LogP contribution in [0.2, 0.25) is 0 Å². The van der Waals surface area contributed by atoms with E-state index in [9.17, 15) is 9.59 Å². The maximum atomic E-state index is 13.2. The van der Waals surface area contributed by atoms with Gasteiger partial charge < -0.3 is 23.8 Å². The van der Waals surface area contributed by atoms with E-state index >= 15 is 0 Å². The largest absolute Gasteiger partial charge is 0.464 e. The maximum Gasteiger partial charge on any atom is 0.329 e. The lowest BCUT2D eigenvalue weighted by Gasteiger charge is -2.29.